The first-order chi connectivity index (χ1) is 18.5. The van der Waals surface area contributed by atoms with Gasteiger partial charge in [-0.25, -0.2) is 10.2 Å². The quantitative estimate of drug-likeness (QED) is 0.141. The summed E-state index contributed by atoms with van der Waals surface area (Å²) in [5.74, 6) is 1.41. The Morgan fingerprint density at radius 1 is 0.895 bits per heavy atom. The molecule has 4 rings (SSSR count). The van der Waals surface area contributed by atoms with E-state index in [0.29, 0.717) is 22.1 Å². The zero-order valence-corrected chi connectivity index (χ0v) is 21.8. The van der Waals surface area contributed by atoms with Gasteiger partial charge in [-0.3, -0.25) is 9.36 Å². The molecule has 0 saturated carbocycles. The molecular formula is C27H25N5O5S. The molecule has 4 aromatic rings. The fourth-order valence-electron chi connectivity index (χ4n) is 3.42. The number of nitrogens with one attached hydrogen (secondary N) is 1. The molecule has 38 heavy (non-hydrogen) atoms. The average molecular weight is 532 g/mol. The topological polar surface area (TPSA) is 117 Å². The van der Waals surface area contributed by atoms with Crippen LogP contribution in [0.4, 0.5) is 0 Å². The van der Waals surface area contributed by atoms with Gasteiger partial charge in [-0.1, -0.05) is 23.9 Å². The fourth-order valence-corrected chi connectivity index (χ4v) is 4.16. The minimum Gasteiger partial charge on any atom is -0.497 e. The second-order valence-electron chi connectivity index (χ2n) is 7.76. The Morgan fingerprint density at radius 3 is 2.13 bits per heavy atom. The van der Waals surface area contributed by atoms with Gasteiger partial charge in [0.1, 0.15) is 11.5 Å². The number of carbonyl (C=O) groups excluding carboxylic acids is 2. The molecule has 11 heteroatoms. The van der Waals surface area contributed by atoms with Crippen molar-refractivity contribution in [1.29, 1.82) is 0 Å². The molecule has 194 valence electrons. The molecule has 0 aliphatic heterocycles. The maximum absolute atomic E-state index is 12.5. The second-order valence-corrected chi connectivity index (χ2v) is 8.71. The minimum atomic E-state index is -0.420. The summed E-state index contributed by atoms with van der Waals surface area (Å²) >= 11 is 1.23. The van der Waals surface area contributed by atoms with Gasteiger partial charge in [0.15, 0.2) is 11.0 Å². The van der Waals surface area contributed by atoms with Crippen LogP contribution in [0.1, 0.15) is 15.9 Å². The number of rotatable bonds is 10. The number of thioether (sulfide) groups is 1. The van der Waals surface area contributed by atoms with Crippen molar-refractivity contribution in [2.75, 3.05) is 27.1 Å². The lowest BCUT2D eigenvalue weighted by Crippen LogP contribution is -2.20. The molecule has 0 saturated heterocycles. The van der Waals surface area contributed by atoms with Crippen LogP contribution in [-0.4, -0.2) is 59.9 Å². The number of hydrazone groups is 1. The fraction of sp³-hybridized carbons (Fsp3) is 0.148. The summed E-state index contributed by atoms with van der Waals surface area (Å²) in [5, 5.41) is 13.3. The van der Waals surface area contributed by atoms with Crippen molar-refractivity contribution in [2.24, 2.45) is 5.10 Å². The molecule has 1 aromatic heterocycles. The van der Waals surface area contributed by atoms with E-state index in [4.69, 9.17) is 9.47 Å². The van der Waals surface area contributed by atoms with Crippen LogP contribution < -0.4 is 14.9 Å². The van der Waals surface area contributed by atoms with Gasteiger partial charge in [-0.05, 0) is 66.2 Å². The Labute approximate surface area is 223 Å². The van der Waals surface area contributed by atoms with Crippen molar-refractivity contribution < 1.29 is 23.8 Å². The first-order valence-corrected chi connectivity index (χ1v) is 12.4. The molecule has 1 amide bonds. The number of aromatic nitrogens is 3. The largest absolute Gasteiger partial charge is 0.497 e. The van der Waals surface area contributed by atoms with Gasteiger partial charge in [0.2, 0.25) is 0 Å². The molecule has 0 aliphatic rings. The normalized spacial score (nSPS) is 10.8. The van der Waals surface area contributed by atoms with E-state index in [-0.39, 0.29) is 11.7 Å². The highest BCUT2D eigenvalue weighted by molar-refractivity contribution is 7.99. The lowest BCUT2D eigenvalue weighted by molar-refractivity contribution is -0.118. The van der Waals surface area contributed by atoms with Gasteiger partial charge < -0.3 is 14.2 Å². The molecule has 0 radical (unpaired) electrons. The van der Waals surface area contributed by atoms with E-state index in [2.05, 4.69) is 25.5 Å². The maximum atomic E-state index is 12.5. The molecule has 10 nitrogen and oxygen atoms in total. The van der Waals surface area contributed by atoms with Gasteiger partial charge in [0, 0.05) is 11.3 Å². The predicted octanol–water partition coefficient (Wildman–Crippen LogP) is 3.98. The van der Waals surface area contributed by atoms with Crippen molar-refractivity contribution >= 4 is 29.9 Å². The molecule has 3 aromatic carbocycles. The summed E-state index contributed by atoms with van der Waals surface area (Å²) in [5.41, 5.74) is 5.31. The van der Waals surface area contributed by atoms with E-state index in [1.165, 1.54) is 25.1 Å². The molecule has 0 spiro atoms. The van der Waals surface area contributed by atoms with Crippen LogP contribution >= 0.6 is 11.8 Å². The van der Waals surface area contributed by atoms with E-state index in [1.807, 2.05) is 53.1 Å². The lowest BCUT2D eigenvalue weighted by Gasteiger charge is -2.11. The van der Waals surface area contributed by atoms with E-state index >= 15 is 0 Å². The third-order valence-electron chi connectivity index (χ3n) is 5.38. The van der Waals surface area contributed by atoms with Crippen molar-refractivity contribution in [3.05, 3.63) is 83.9 Å². The van der Waals surface area contributed by atoms with Crippen LogP contribution in [0.15, 0.2) is 83.1 Å². The molecular weight excluding hydrogens is 506 g/mol. The third-order valence-corrected chi connectivity index (χ3v) is 6.31. The van der Waals surface area contributed by atoms with Gasteiger partial charge in [-0.15, -0.1) is 10.2 Å². The lowest BCUT2D eigenvalue weighted by atomic mass is 10.1. The van der Waals surface area contributed by atoms with Gasteiger partial charge in [0.05, 0.1) is 38.9 Å². The number of carbonyl (C=O) groups is 2. The van der Waals surface area contributed by atoms with Crippen molar-refractivity contribution in [3.63, 3.8) is 0 Å². The molecule has 1 N–H and O–H groups in total. The first-order valence-electron chi connectivity index (χ1n) is 11.4. The standard InChI is InChI=1S/C27H25N5O5S/c1-35-22-12-8-19(9-13-22)25-30-31-27(32(25)21-10-14-23(36-2)15-11-21)38-17-24(33)29-28-16-18-4-6-20(7-5-18)26(34)37-3/h4-16H,17H2,1-3H3,(H,29,33)/b28-16+. The summed E-state index contributed by atoms with van der Waals surface area (Å²) < 4.78 is 17.1. The van der Waals surface area contributed by atoms with Gasteiger partial charge >= 0.3 is 5.97 Å². The van der Waals surface area contributed by atoms with Crippen LogP contribution in [0.3, 0.4) is 0 Å². The van der Waals surface area contributed by atoms with E-state index in [9.17, 15) is 9.59 Å². The highest BCUT2D eigenvalue weighted by Gasteiger charge is 2.17. The van der Waals surface area contributed by atoms with Crippen LogP contribution in [0.2, 0.25) is 0 Å². The smallest absolute Gasteiger partial charge is 0.337 e. The van der Waals surface area contributed by atoms with Crippen LogP contribution in [0.5, 0.6) is 11.5 Å². The van der Waals surface area contributed by atoms with Crippen molar-refractivity contribution in [1.82, 2.24) is 20.2 Å². The SMILES string of the molecule is COC(=O)c1ccc(/C=N/NC(=O)CSc2nnc(-c3ccc(OC)cc3)n2-c2ccc(OC)cc2)cc1. The Bertz CT molecular complexity index is 1420. The number of nitrogens with zero attached hydrogens (tertiary/aromatic N) is 4. The summed E-state index contributed by atoms with van der Waals surface area (Å²) in [6, 6.07) is 21.6. The summed E-state index contributed by atoms with van der Waals surface area (Å²) in [6.45, 7) is 0. The highest BCUT2D eigenvalue weighted by Crippen LogP contribution is 2.29. The van der Waals surface area contributed by atoms with Crippen LogP contribution in [0.25, 0.3) is 17.1 Å². The average Bonchev–Trinajstić information content (AvgIpc) is 3.40. The number of esters is 1. The molecule has 0 aliphatic carbocycles. The Morgan fingerprint density at radius 2 is 1.53 bits per heavy atom. The summed E-state index contributed by atoms with van der Waals surface area (Å²) in [6.07, 6.45) is 1.49. The maximum Gasteiger partial charge on any atom is 0.337 e. The Kier molecular flexibility index (Phi) is 8.73. The summed E-state index contributed by atoms with van der Waals surface area (Å²) in [4.78, 5) is 24.0. The minimum absolute atomic E-state index is 0.0650. The number of amides is 1. The van der Waals surface area contributed by atoms with Crippen molar-refractivity contribution in [3.8, 4) is 28.6 Å². The number of ether oxygens (including phenoxy) is 3. The molecule has 0 unspecified atom stereocenters. The number of benzene rings is 3. The third kappa shape index (κ3) is 6.37. The number of methoxy groups -OCH3 is 3. The monoisotopic (exact) mass is 531 g/mol. The first kappa shape index (κ1) is 26.4. The molecule has 1 heterocycles. The zero-order chi connectivity index (χ0) is 26.9. The number of hydrogen-bond acceptors (Lipinski definition) is 9. The second kappa shape index (κ2) is 12.5. The van der Waals surface area contributed by atoms with Gasteiger partial charge in [-0.2, -0.15) is 5.10 Å². The van der Waals surface area contributed by atoms with E-state index in [1.54, 1.807) is 38.5 Å². The molecule has 0 bridgehead atoms. The van der Waals surface area contributed by atoms with Crippen LogP contribution in [-0.2, 0) is 9.53 Å². The van der Waals surface area contributed by atoms with E-state index in [0.717, 1.165) is 22.7 Å². The highest BCUT2D eigenvalue weighted by atomic mass is 32.2. The molecule has 0 atom stereocenters. The van der Waals surface area contributed by atoms with Crippen molar-refractivity contribution in [2.45, 2.75) is 5.16 Å². The number of hydrogen-bond donors (Lipinski definition) is 1. The molecule has 0 fully saturated rings. The Hall–Kier alpha value is -4.64. The summed E-state index contributed by atoms with van der Waals surface area (Å²) in [7, 11) is 4.54. The Balaban J connectivity index is 1.47. The predicted molar refractivity (Wildman–Crippen MR) is 144 cm³/mol. The van der Waals surface area contributed by atoms with E-state index < -0.39 is 5.97 Å². The zero-order valence-electron chi connectivity index (χ0n) is 21.0. The van der Waals surface area contributed by atoms with Crippen LogP contribution in [0, 0.1) is 0 Å². The van der Waals surface area contributed by atoms with Gasteiger partial charge in [0.25, 0.3) is 5.91 Å².